The van der Waals surface area contributed by atoms with Crippen molar-refractivity contribution >= 4 is 38.3 Å². The molecule has 0 radical (unpaired) electrons. The van der Waals surface area contributed by atoms with E-state index in [1.165, 1.54) is 16.8 Å². The number of aliphatic carboxylic acids is 1. The Morgan fingerprint density at radius 3 is 1.95 bits per heavy atom. The second-order valence-electron chi connectivity index (χ2n) is 15.0. The molecule has 302 valence electrons. The number of benzene rings is 7. The second-order valence-corrected chi connectivity index (χ2v) is 15.0. The summed E-state index contributed by atoms with van der Waals surface area (Å²) in [5.41, 5.74) is 1.16. The Morgan fingerprint density at radius 1 is 0.754 bits per heavy atom. The van der Waals surface area contributed by atoms with E-state index in [9.17, 15) is 19.8 Å². The summed E-state index contributed by atoms with van der Waals surface area (Å²) in [6.07, 6.45) is -2.07. The normalized spacial score (nSPS) is 17.7. The molecule has 0 aliphatic carbocycles. The molecule has 11 nitrogen and oxygen atoms in total. The van der Waals surface area contributed by atoms with Gasteiger partial charge in [-0.15, -0.1) is 0 Å². The number of methoxy groups -OCH3 is 2. The van der Waals surface area contributed by atoms with E-state index in [4.69, 9.17) is 23.7 Å². The van der Waals surface area contributed by atoms with Gasteiger partial charge in [0.1, 0.15) is 23.2 Å². The number of ether oxygens (including phenoxy) is 5. The molecule has 1 N–H and O–H groups in total. The van der Waals surface area contributed by atoms with Gasteiger partial charge in [-0.1, -0.05) is 109 Å². The molecule has 2 heterocycles. The molecule has 0 spiro atoms. The number of nitrogens with zero attached hydrogens (tertiary/aromatic N) is 2. The summed E-state index contributed by atoms with van der Waals surface area (Å²) >= 11 is 0. The molecule has 0 bridgehead atoms. The van der Waals surface area contributed by atoms with Gasteiger partial charge < -0.3 is 33.9 Å². The minimum absolute atomic E-state index is 0. The molecule has 61 heavy (non-hydrogen) atoms. The van der Waals surface area contributed by atoms with Crippen molar-refractivity contribution in [3.8, 4) is 17.4 Å². The molecular formula is C49H41N2NaO9. The maximum absolute atomic E-state index is 13.4. The van der Waals surface area contributed by atoms with Crippen molar-refractivity contribution in [2.24, 2.45) is 5.92 Å². The van der Waals surface area contributed by atoms with E-state index in [-0.39, 0.29) is 49.2 Å². The summed E-state index contributed by atoms with van der Waals surface area (Å²) in [6, 6.07) is 44.8. The van der Waals surface area contributed by atoms with Crippen LogP contribution in [0, 0.1) is 5.92 Å². The Morgan fingerprint density at radius 2 is 1.34 bits per heavy atom. The van der Waals surface area contributed by atoms with Gasteiger partial charge >= 0.3 is 41.2 Å². The van der Waals surface area contributed by atoms with Gasteiger partial charge in [-0.3, -0.25) is 9.36 Å². The van der Waals surface area contributed by atoms with Crippen LogP contribution in [0.15, 0.2) is 151 Å². The molecule has 1 aliphatic heterocycles. The maximum atomic E-state index is 13.4. The van der Waals surface area contributed by atoms with Crippen LogP contribution < -0.4 is 49.8 Å². The molecule has 1 aromatic heterocycles. The third-order valence-corrected chi connectivity index (χ3v) is 11.7. The van der Waals surface area contributed by atoms with Gasteiger partial charge in [-0.2, -0.15) is 0 Å². The minimum atomic E-state index is -1.24. The summed E-state index contributed by atoms with van der Waals surface area (Å²) < 4.78 is 32.9. The van der Waals surface area contributed by atoms with Crippen molar-refractivity contribution < 1.29 is 68.2 Å². The van der Waals surface area contributed by atoms with Crippen LogP contribution in [0.25, 0.3) is 32.3 Å². The number of carboxylic acids is 1. The van der Waals surface area contributed by atoms with E-state index < -0.39 is 47.5 Å². The monoisotopic (exact) mass is 824 g/mol. The van der Waals surface area contributed by atoms with Crippen LogP contribution in [0.4, 0.5) is 0 Å². The Balaban J connectivity index is 0.00000514. The average Bonchev–Trinajstić information content (AvgIpc) is 3.61. The largest absolute Gasteiger partial charge is 1.00 e. The molecule has 9 rings (SSSR count). The van der Waals surface area contributed by atoms with Crippen LogP contribution in [0.2, 0.25) is 0 Å². The fourth-order valence-electron chi connectivity index (χ4n) is 8.80. The van der Waals surface area contributed by atoms with Crippen molar-refractivity contribution in [1.82, 2.24) is 9.55 Å². The second kappa shape index (κ2) is 17.7. The number of carboxylic acid groups (broad SMARTS) is 1. The fraction of sp³-hybridized carbons (Fsp3) is 0.204. The molecule has 0 unspecified atom stereocenters. The van der Waals surface area contributed by atoms with E-state index in [0.29, 0.717) is 11.5 Å². The SMILES string of the molecule is COc1ccc(C(OC[C@H]2O[C@@H](n3ccc([O-])nc3=O)[C@H](OCc3ccc4ccc5cccc6ccc3c4c56)[C@@H]2CC(=O)O)(c2ccccc2)c2ccc(OC)cc2)cc1.[Na+]. The van der Waals surface area contributed by atoms with Crippen molar-refractivity contribution in [1.29, 1.82) is 0 Å². The molecule has 1 saturated heterocycles. The number of rotatable bonds is 14. The van der Waals surface area contributed by atoms with Gasteiger partial charge in [0, 0.05) is 12.1 Å². The number of aromatic nitrogens is 2. The third kappa shape index (κ3) is 7.85. The Hall–Kier alpha value is -5.79. The van der Waals surface area contributed by atoms with E-state index >= 15 is 0 Å². The van der Waals surface area contributed by atoms with E-state index in [1.54, 1.807) is 14.2 Å². The summed E-state index contributed by atoms with van der Waals surface area (Å²) in [5, 5.41) is 29.2. The van der Waals surface area contributed by atoms with Crippen LogP contribution in [0.5, 0.6) is 17.4 Å². The molecule has 7 aromatic carbocycles. The standard InChI is InChI=1S/C49H42N2O9.Na/c1-56-37-20-16-35(17-21-37)49(34-9-4-3-5-10-34,36-18-22-38(57-2)23-19-36)59-29-41-40(27-43(53)54)46(47(60-41)51-26-25-42(52)50-48(51)55)58-28-33-14-13-32-12-11-30-7-6-8-31-15-24-39(33)45(32)44(30)31;/h3-26,40-41,46-47H,27-29H2,1-2H3,(H,53,54)(H,50,52,55);/q;+1/p-1/t40-,41-,46-,47-;/m1./s1. The van der Waals surface area contributed by atoms with Gasteiger partial charge in [-0.05, 0) is 90.8 Å². The Kier molecular flexibility index (Phi) is 12.1. The van der Waals surface area contributed by atoms with Crippen LogP contribution in [-0.2, 0) is 31.2 Å². The predicted molar refractivity (Wildman–Crippen MR) is 225 cm³/mol. The van der Waals surface area contributed by atoms with Crippen LogP contribution >= 0.6 is 0 Å². The van der Waals surface area contributed by atoms with Crippen LogP contribution in [-0.4, -0.2) is 53.7 Å². The molecule has 4 atom stereocenters. The van der Waals surface area contributed by atoms with Crippen LogP contribution in [0.3, 0.4) is 0 Å². The summed E-state index contributed by atoms with van der Waals surface area (Å²) in [4.78, 5) is 29.8. The quantitative estimate of drug-likeness (QED) is 0.0923. The van der Waals surface area contributed by atoms with Gasteiger partial charge in [0.05, 0.1) is 40.0 Å². The first kappa shape index (κ1) is 41.9. The minimum Gasteiger partial charge on any atom is -0.858 e. The fourth-order valence-corrected chi connectivity index (χ4v) is 8.80. The Bertz CT molecular complexity index is 2790. The zero-order chi connectivity index (χ0) is 41.4. The summed E-state index contributed by atoms with van der Waals surface area (Å²) in [7, 11) is 3.20. The van der Waals surface area contributed by atoms with Crippen molar-refractivity contribution in [3.05, 3.63) is 178 Å². The van der Waals surface area contributed by atoms with Gasteiger partial charge in [0.25, 0.3) is 0 Å². The molecule has 1 aliphatic rings. The first-order valence-electron chi connectivity index (χ1n) is 19.7. The molecule has 0 saturated carbocycles. The summed E-state index contributed by atoms with van der Waals surface area (Å²) in [5.74, 6) is -1.27. The maximum Gasteiger partial charge on any atom is 1.00 e. The third-order valence-electron chi connectivity index (χ3n) is 11.7. The average molecular weight is 825 g/mol. The topological polar surface area (TPSA) is 141 Å². The molecule has 8 aromatic rings. The van der Waals surface area contributed by atoms with E-state index in [2.05, 4.69) is 47.4 Å². The Labute approximate surface area is 373 Å². The smallest absolute Gasteiger partial charge is 0.858 e. The number of hydrogen-bond donors (Lipinski definition) is 1. The first-order chi connectivity index (χ1) is 29.3. The molecule has 0 amide bonds. The van der Waals surface area contributed by atoms with Crippen molar-refractivity contribution in [3.63, 3.8) is 0 Å². The van der Waals surface area contributed by atoms with Crippen molar-refractivity contribution in [2.45, 2.75) is 37.1 Å². The number of carbonyl (C=O) groups is 1. The van der Waals surface area contributed by atoms with Crippen LogP contribution in [0.1, 0.15) is 34.9 Å². The van der Waals surface area contributed by atoms with Gasteiger partial charge in [0.15, 0.2) is 6.23 Å². The van der Waals surface area contributed by atoms with E-state index in [1.807, 2.05) is 91.0 Å². The number of hydrogen-bond acceptors (Lipinski definition) is 9. The van der Waals surface area contributed by atoms with Crippen molar-refractivity contribution in [2.75, 3.05) is 20.8 Å². The predicted octanol–water partition coefficient (Wildman–Crippen LogP) is 4.82. The molecular weight excluding hydrogens is 784 g/mol. The van der Waals surface area contributed by atoms with Gasteiger partial charge in [0.2, 0.25) is 0 Å². The van der Waals surface area contributed by atoms with E-state index in [0.717, 1.165) is 54.6 Å². The zero-order valence-electron chi connectivity index (χ0n) is 33.9. The molecule has 1 fully saturated rings. The van der Waals surface area contributed by atoms with Gasteiger partial charge in [-0.25, -0.2) is 9.78 Å². The zero-order valence-corrected chi connectivity index (χ0v) is 35.9. The first-order valence-corrected chi connectivity index (χ1v) is 19.7. The summed E-state index contributed by atoms with van der Waals surface area (Å²) in [6.45, 7) is -0.0440. The molecule has 12 heteroatoms.